The van der Waals surface area contributed by atoms with Crippen LogP contribution in [0, 0.1) is 13.8 Å². The van der Waals surface area contributed by atoms with Crippen LogP contribution in [0.4, 0.5) is 10.5 Å². The molecule has 0 unspecified atom stereocenters. The Bertz CT molecular complexity index is 660. The normalized spacial score (nSPS) is 10.6. The van der Waals surface area contributed by atoms with E-state index in [-0.39, 0.29) is 12.6 Å². The summed E-state index contributed by atoms with van der Waals surface area (Å²) in [6.45, 7) is 6.80. The fraction of sp³-hybridized carbons (Fsp3) is 0.412. The van der Waals surface area contributed by atoms with Crippen LogP contribution in [-0.4, -0.2) is 45.5 Å². The topological polar surface area (TPSA) is 70.4 Å². The zero-order chi connectivity index (χ0) is 16.8. The summed E-state index contributed by atoms with van der Waals surface area (Å²) in [7, 11) is 0. The molecule has 0 radical (unpaired) electrons. The summed E-state index contributed by atoms with van der Waals surface area (Å²) in [5.41, 5.74) is 3.45. The number of hydrogen-bond donors (Lipinski definition) is 2. The van der Waals surface area contributed by atoms with Crippen molar-refractivity contribution in [3.05, 3.63) is 41.7 Å². The highest BCUT2D eigenvalue weighted by atomic mass is 16.3. The third-order valence-electron chi connectivity index (χ3n) is 3.53. The Hall–Kier alpha value is -2.34. The molecule has 6 heteroatoms. The number of hydrogen-bond acceptors (Lipinski definition) is 3. The number of carbonyl (C=O) groups is 1. The van der Waals surface area contributed by atoms with E-state index in [0.29, 0.717) is 18.8 Å². The van der Waals surface area contributed by atoms with Gasteiger partial charge in [0.2, 0.25) is 0 Å². The summed E-state index contributed by atoms with van der Waals surface area (Å²) in [6, 6.07) is 9.35. The first-order valence-electron chi connectivity index (χ1n) is 7.86. The lowest BCUT2D eigenvalue weighted by Gasteiger charge is -2.22. The average molecular weight is 316 g/mol. The van der Waals surface area contributed by atoms with Gasteiger partial charge in [-0.15, -0.1) is 0 Å². The standard InChI is InChI=1S/C17H24N4O2/c1-4-9-20(10-11-22)17(23)18-15-7-5-6-8-16(15)21-14(3)12-13(2)19-21/h5-8,12,22H,4,9-11H2,1-3H3,(H,18,23). The molecule has 23 heavy (non-hydrogen) atoms. The summed E-state index contributed by atoms with van der Waals surface area (Å²) < 4.78 is 1.82. The average Bonchev–Trinajstić information content (AvgIpc) is 2.86. The molecular weight excluding hydrogens is 292 g/mol. The van der Waals surface area contributed by atoms with Crippen molar-refractivity contribution >= 4 is 11.7 Å². The van der Waals surface area contributed by atoms with Crippen LogP contribution in [0.5, 0.6) is 0 Å². The van der Waals surface area contributed by atoms with Crippen molar-refractivity contribution in [3.63, 3.8) is 0 Å². The zero-order valence-corrected chi connectivity index (χ0v) is 13.9. The first kappa shape index (κ1) is 17.0. The number of aliphatic hydroxyl groups is 1. The summed E-state index contributed by atoms with van der Waals surface area (Å²) in [6.07, 6.45) is 0.840. The molecule has 2 rings (SSSR count). The number of aryl methyl sites for hydroxylation is 2. The van der Waals surface area contributed by atoms with Crippen molar-refractivity contribution in [2.24, 2.45) is 0 Å². The lowest BCUT2D eigenvalue weighted by Crippen LogP contribution is -2.37. The van der Waals surface area contributed by atoms with E-state index in [1.165, 1.54) is 0 Å². The Morgan fingerprint density at radius 2 is 2.04 bits per heavy atom. The van der Waals surface area contributed by atoms with E-state index in [9.17, 15) is 4.79 Å². The van der Waals surface area contributed by atoms with E-state index in [0.717, 1.165) is 23.5 Å². The van der Waals surface area contributed by atoms with E-state index < -0.39 is 0 Å². The number of carbonyl (C=O) groups excluding carboxylic acids is 1. The molecular formula is C17H24N4O2. The number of para-hydroxylation sites is 2. The molecule has 1 aromatic carbocycles. The maximum Gasteiger partial charge on any atom is 0.321 e. The maximum atomic E-state index is 12.4. The minimum absolute atomic E-state index is 0.0491. The molecule has 6 nitrogen and oxygen atoms in total. The van der Waals surface area contributed by atoms with Crippen LogP contribution in [-0.2, 0) is 0 Å². The lowest BCUT2D eigenvalue weighted by molar-refractivity contribution is 0.188. The Kier molecular flexibility index (Phi) is 5.76. The van der Waals surface area contributed by atoms with Gasteiger partial charge in [0.05, 0.1) is 23.7 Å². The van der Waals surface area contributed by atoms with Crippen LogP contribution in [0.2, 0.25) is 0 Å². The number of amides is 2. The second-order valence-corrected chi connectivity index (χ2v) is 5.50. The molecule has 0 aliphatic carbocycles. The van der Waals surface area contributed by atoms with Crippen molar-refractivity contribution < 1.29 is 9.90 Å². The molecule has 2 amide bonds. The number of aromatic nitrogens is 2. The summed E-state index contributed by atoms with van der Waals surface area (Å²) >= 11 is 0. The van der Waals surface area contributed by atoms with Crippen molar-refractivity contribution in [2.45, 2.75) is 27.2 Å². The Morgan fingerprint density at radius 3 is 2.65 bits per heavy atom. The van der Waals surface area contributed by atoms with Gasteiger partial charge in [-0.2, -0.15) is 5.10 Å². The van der Waals surface area contributed by atoms with Crippen molar-refractivity contribution in [1.82, 2.24) is 14.7 Å². The van der Waals surface area contributed by atoms with Gasteiger partial charge in [0, 0.05) is 18.8 Å². The molecule has 124 valence electrons. The van der Waals surface area contributed by atoms with Gasteiger partial charge in [-0.05, 0) is 38.5 Å². The number of nitrogens with one attached hydrogen (secondary N) is 1. The summed E-state index contributed by atoms with van der Waals surface area (Å²) in [5.74, 6) is 0. The minimum atomic E-state index is -0.213. The smallest absolute Gasteiger partial charge is 0.321 e. The van der Waals surface area contributed by atoms with Crippen molar-refractivity contribution in [1.29, 1.82) is 0 Å². The first-order chi connectivity index (χ1) is 11.1. The first-order valence-corrected chi connectivity index (χ1v) is 7.86. The molecule has 0 atom stereocenters. The van der Waals surface area contributed by atoms with E-state index in [2.05, 4.69) is 10.4 Å². The molecule has 1 aromatic heterocycles. The van der Waals surface area contributed by atoms with Crippen LogP contribution >= 0.6 is 0 Å². The molecule has 0 saturated heterocycles. The summed E-state index contributed by atoms with van der Waals surface area (Å²) in [4.78, 5) is 14.0. The molecule has 0 aliphatic rings. The molecule has 0 fully saturated rings. The molecule has 0 bridgehead atoms. The fourth-order valence-corrected chi connectivity index (χ4v) is 2.54. The Morgan fingerprint density at radius 1 is 1.30 bits per heavy atom. The number of urea groups is 1. The fourth-order valence-electron chi connectivity index (χ4n) is 2.54. The summed E-state index contributed by atoms with van der Waals surface area (Å²) in [5, 5.41) is 16.5. The predicted octanol–water partition coefficient (Wildman–Crippen LogP) is 2.73. The highest BCUT2D eigenvalue weighted by molar-refractivity contribution is 5.91. The number of nitrogens with zero attached hydrogens (tertiary/aromatic N) is 3. The van der Waals surface area contributed by atoms with Gasteiger partial charge >= 0.3 is 6.03 Å². The van der Waals surface area contributed by atoms with E-state index in [1.54, 1.807) is 4.90 Å². The highest BCUT2D eigenvalue weighted by Crippen LogP contribution is 2.22. The van der Waals surface area contributed by atoms with Crippen LogP contribution < -0.4 is 5.32 Å². The minimum Gasteiger partial charge on any atom is -0.395 e. The van der Waals surface area contributed by atoms with Gasteiger partial charge in [-0.25, -0.2) is 9.48 Å². The predicted molar refractivity (Wildman–Crippen MR) is 91.0 cm³/mol. The van der Waals surface area contributed by atoms with Crippen molar-refractivity contribution in [3.8, 4) is 5.69 Å². The Labute approximate surface area is 136 Å². The molecule has 1 heterocycles. The van der Waals surface area contributed by atoms with Crippen LogP contribution in [0.25, 0.3) is 5.69 Å². The second kappa shape index (κ2) is 7.78. The van der Waals surface area contributed by atoms with Crippen LogP contribution in [0.1, 0.15) is 24.7 Å². The van der Waals surface area contributed by atoms with E-state index in [1.807, 2.05) is 55.8 Å². The highest BCUT2D eigenvalue weighted by Gasteiger charge is 2.15. The van der Waals surface area contributed by atoms with Gasteiger partial charge in [0.25, 0.3) is 0 Å². The van der Waals surface area contributed by atoms with Gasteiger partial charge < -0.3 is 15.3 Å². The largest absolute Gasteiger partial charge is 0.395 e. The molecule has 2 N–H and O–H groups in total. The van der Waals surface area contributed by atoms with E-state index >= 15 is 0 Å². The third kappa shape index (κ3) is 4.10. The van der Waals surface area contributed by atoms with Gasteiger partial charge in [-0.1, -0.05) is 19.1 Å². The van der Waals surface area contributed by atoms with E-state index in [4.69, 9.17) is 5.11 Å². The Balaban J connectivity index is 2.27. The number of rotatable bonds is 6. The molecule has 0 saturated carbocycles. The van der Waals surface area contributed by atoms with Crippen LogP contribution in [0.15, 0.2) is 30.3 Å². The third-order valence-corrected chi connectivity index (χ3v) is 3.53. The van der Waals surface area contributed by atoms with Gasteiger partial charge in [0.1, 0.15) is 0 Å². The SMILES string of the molecule is CCCN(CCO)C(=O)Nc1ccccc1-n1nc(C)cc1C. The van der Waals surface area contributed by atoms with Crippen LogP contribution in [0.3, 0.4) is 0 Å². The number of aliphatic hydroxyl groups excluding tert-OH is 1. The van der Waals surface area contributed by atoms with Gasteiger partial charge in [-0.3, -0.25) is 0 Å². The molecule has 0 aliphatic heterocycles. The number of benzene rings is 1. The van der Waals surface area contributed by atoms with Crippen molar-refractivity contribution in [2.75, 3.05) is 25.0 Å². The number of anilines is 1. The molecule has 2 aromatic rings. The van der Waals surface area contributed by atoms with Gasteiger partial charge in [0.15, 0.2) is 0 Å². The lowest BCUT2D eigenvalue weighted by atomic mass is 10.2. The quantitative estimate of drug-likeness (QED) is 0.861. The molecule has 0 spiro atoms. The monoisotopic (exact) mass is 316 g/mol. The maximum absolute atomic E-state index is 12.4. The zero-order valence-electron chi connectivity index (χ0n) is 13.9. The second-order valence-electron chi connectivity index (χ2n) is 5.50.